The summed E-state index contributed by atoms with van der Waals surface area (Å²) in [7, 11) is 4.58. The molecule has 0 bridgehead atoms. The van der Waals surface area contributed by atoms with Crippen LogP contribution in [0.25, 0.3) is 0 Å². The molecule has 0 saturated carbocycles. The Bertz CT molecular complexity index is 284. The van der Waals surface area contributed by atoms with Gasteiger partial charge in [-0.1, -0.05) is 104 Å². The first-order valence-electron chi connectivity index (χ1n) is 12.0. The lowest BCUT2D eigenvalue weighted by atomic mass is 10.0. The zero-order valence-corrected chi connectivity index (χ0v) is 20.0. The SMILES string of the molecule is CCCCCCCCCCC(O)C[N+](C)(C)CCCCCCCCCC.[Cl-]. The van der Waals surface area contributed by atoms with Crippen molar-refractivity contribution in [1.29, 1.82) is 0 Å². The van der Waals surface area contributed by atoms with Crippen molar-refractivity contribution in [2.24, 2.45) is 0 Å². The first kappa shape index (κ1) is 29.4. The first-order valence-corrected chi connectivity index (χ1v) is 12.0. The van der Waals surface area contributed by atoms with Gasteiger partial charge in [-0.15, -0.1) is 0 Å². The number of hydrogen-bond donors (Lipinski definition) is 1. The highest BCUT2D eigenvalue weighted by Gasteiger charge is 2.19. The fraction of sp³-hybridized carbons (Fsp3) is 1.00. The van der Waals surface area contributed by atoms with Crippen molar-refractivity contribution in [3.8, 4) is 0 Å². The molecule has 0 aromatic rings. The summed E-state index contributed by atoms with van der Waals surface area (Å²) in [5.74, 6) is 0. The number of aliphatic hydroxyl groups is 1. The standard InChI is InChI=1S/C24H52NO.ClH/c1-5-7-9-11-13-15-17-19-21-24(26)23-25(3,4)22-20-18-16-14-12-10-8-6-2;/h24,26H,5-23H2,1-4H3;1H/q+1;/p-1. The van der Waals surface area contributed by atoms with E-state index in [0.29, 0.717) is 0 Å². The fourth-order valence-electron chi connectivity index (χ4n) is 3.94. The van der Waals surface area contributed by atoms with Gasteiger partial charge in [0.05, 0.1) is 20.6 Å². The van der Waals surface area contributed by atoms with E-state index in [9.17, 15) is 5.11 Å². The smallest absolute Gasteiger partial charge is 0.105 e. The van der Waals surface area contributed by atoms with Crippen molar-refractivity contribution in [3.63, 3.8) is 0 Å². The van der Waals surface area contributed by atoms with E-state index < -0.39 is 0 Å². The second-order valence-corrected chi connectivity index (χ2v) is 9.23. The maximum Gasteiger partial charge on any atom is 0.105 e. The molecular formula is C24H52ClNO. The second kappa shape index (κ2) is 20.9. The predicted octanol–water partition coefficient (Wildman–Crippen LogP) is 4.10. The molecular weight excluding hydrogens is 354 g/mol. The predicted molar refractivity (Wildman–Crippen MR) is 118 cm³/mol. The molecule has 0 heterocycles. The molecule has 166 valence electrons. The van der Waals surface area contributed by atoms with E-state index in [0.717, 1.165) is 17.4 Å². The van der Waals surface area contributed by atoms with Crippen molar-refractivity contribution < 1.29 is 22.0 Å². The number of rotatable bonds is 20. The molecule has 0 amide bonds. The zero-order valence-electron chi connectivity index (χ0n) is 19.3. The number of nitrogens with zero attached hydrogens (tertiary/aromatic N) is 1. The molecule has 1 unspecified atom stereocenters. The van der Waals surface area contributed by atoms with Crippen molar-refractivity contribution in [1.82, 2.24) is 0 Å². The van der Waals surface area contributed by atoms with Gasteiger partial charge < -0.3 is 22.0 Å². The van der Waals surface area contributed by atoms with Gasteiger partial charge in [-0.3, -0.25) is 0 Å². The number of unbranched alkanes of at least 4 members (excludes halogenated alkanes) is 14. The van der Waals surface area contributed by atoms with Crippen LogP contribution in [0.3, 0.4) is 0 Å². The summed E-state index contributed by atoms with van der Waals surface area (Å²) in [6.07, 6.45) is 22.7. The summed E-state index contributed by atoms with van der Waals surface area (Å²) < 4.78 is 0.980. The molecule has 0 spiro atoms. The van der Waals surface area contributed by atoms with E-state index in [2.05, 4.69) is 27.9 Å². The van der Waals surface area contributed by atoms with E-state index >= 15 is 0 Å². The molecule has 0 aliphatic heterocycles. The Morgan fingerprint density at radius 1 is 0.593 bits per heavy atom. The van der Waals surface area contributed by atoms with Crippen LogP contribution in [0.15, 0.2) is 0 Å². The fourth-order valence-corrected chi connectivity index (χ4v) is 3.94. The third-order valence-corrected chi connectivity index (χ3v) is 5.71. The van der Waals surface area contributed by atoms with Crippen LogP contribution < -0.4 is 12.4 Å². The molecule has 0 aromatic heterocycles. The average molecular weight is 406 g/mol. The van der Waals surface area contributed by atoms with Gasteiger partial charge in [-0.2, -0.15) is 0 Å². The van der Waals surface area contributed by atoms with Gasteiger partial charge >= 0.3 is 0 Å². The van der Waals surface area contributed by atoms with Gasteiger partial charge in [0, 0.05) is 0 Å². The molecule has 0 fully saturated rings. The van der Waals surface area contributed by atoms with E-state index in [1.54, 1.807) is 0 Å². The quantitative estimate of drug-likeness (QED) is 0.239. The number of halogens is 1. The van der Waals surface area contributed by atoms with E-state index in [4.69, 9.17) is 0 Å². The van der Waals surface area contributed by atoms with Crippen molar-refractivity contribution >= 4 is 0 Å². The second-order valence-electron chi connectivity index (χ2n) is 9.23. The van der Waals surface area contributed by atoms with Crippen LogP contribution >= 0.6 is 0 Å². The Morgan fingerprint density at radius 2 is 0.963 bits per heavy atom. The van der Waals surface area contributed by atoms with Crippen LogP contribution in [0.5, 0.6) is 0 Å². The van der Waals surface area contributed by atoms with Gasteiger partial charge in [0.2, 0.25) is 0 Å². The molecule has 0 saturated heterocycles. The summed E-state index contributed by atoms with van der Waals surface area (Å²) in [5, 5.41) is 10.4. The highest BCUT2D eigenvalue weighted by molar-refractivity contribution is 4.56. The van der Waals surface area contributed by atoms with Crippen molar-refractivity contribution in [3.05, 3.63) is 0 Å². The molecule has 0 rings (SSSR count). The summed E-state index contributed by atoms with van der Waals surface area (Å²) in [4.78, 5) is 0. The minimum absolute atomic E-state index is 0. The van der Waals surface area contributed by atoms with Crippen LogP contribution in [-0.4, -0.2) is 42.9 Å². The maximum absolute atomic E-state index is 10.4. The number of likely N-dealkylation sites (N-methyl/N-ethyl adjacent to an activating group) is 1. The van der Waals surface area contributed by atoms with Crippen LogP contribution in [0.2, 0.25) is 0 Å². The number of aliphatic hydroxyl groups excluding tert-OH is 1. The van der Waals surface area contributed by atoms with Gasteiger partial charge in [0.1, 0.15) is 12.6 Å². The Labute approximate surface area is 178 Å². The summed E-state index contributed by atoms with van der Waals surface area (Å²) in [6, 6.07) is 0. The molecule has 2 nitrogen and oxygen atoms in total. The first-order chi connectivity index (χ1) is 12.5. The molecule has 27 heavy (non-hydrogen) atoms. The molecule has 3 heteroatoms. The Morgan fingerprint density at radius 3 is 1.41 bits per heavy atom. The summed E-state index contributed by atoms with van der Waals surface area (Å²) in [5.41, 5.74) is 0. The van der Waals surface area contributed by atoms with Crippen LogP contribution in [0, 0.1) is 0 Å². The Hall–Kier alpha value is 0.210. The molecule has 0 radical (unpaired) electrons. The maximum atomic E-state index is 10.4. The largest absolute Gasteiger partial charge is 1.00 e. The Balaban J connectivity index is 0. The lowest BCUT2D eigenvalue weighted by Crippen LogP contribution is -3.00. The van der Waals surface area contributed by atoms with Gasteiger partial charge in [0.15, 0.2) is 0 Å². The molecule has 0 aliphatic rings. The topological polar surface area (TPSA) is 20.2 Å². The normalized spacial score (nSPS) is 12.8. The van der Waals surface area contributed by atoms with Gasteiger partial charge in [-0.05, 0) is 19.3 Å². The van der Waals surface area contributed by atoms with E-state index in [-0.39, 0.29) is 18.5 Å². The lowest BCUT2D eigenvalue weighted by Gasteiger charge is -2.32. The highest BCUT2D eigenvalue weighted by atomic mass is 35.5. The number of hydrogen-bond acceptors (Lipinski definition) is 1. The van der Waals surface area contributed by atoms with Crippen molar-refractivity contribution in [2.45, 2.75) is 129 Å². The summed E-state index contributed by atoms with van der Waals surface area (Å²) >= 11 is 0. The van der Waals surface area contributed by atoms with Gasteiger partial charge in [-0.25, -0.2) is 0 Å². The minimum atomic E-state index is -0.112. The van der Waals surface area contributed by atoms with Crippen LogP contribution in [0.1, 0.15) is 123 Å². The average Bonchev–Trinajstić information content (AvgIpc) is 2.59. The van der Waals surface area contributed by atoms with Crippen LogP contribution in [-0.2, 0) is 0 Å². The molecule has 1 atom stereocenters. The lowest BCUT2D eigenvalue weighted by molar-refractivity contribution is -0.893. The summed E-state index contributed by atoms with van der Waals surface area (Å²) in [6.45, 7) is 6.69. The Kier molecular flexibility index (Phi) is 22.8. The third kappa shape index (κ3) is 22.4. The number of quaternary nitrogens is 1. The zero-order chi connectivity index (χ0) is 19.5. The monoisotopic (exact) mass is 405 g/mol. The van der Waals surface area contributed by atoms with Gasteiger partial charge in [0.25, 0.3) is 0 Å². The van der Waals surface area contributed by atoms with E-state index in [1.165, 1.54) is 109 Å². The third-order valence-electron chi connectivity index (χ3n) is 5.71. The van der Waals surface area contributed by atoms with E-state index in [1.807, 2.05) is 0 Å². The highest BCUT2D eigenvalue weighted by Crippen LogP contribution is 2.14. The molecule has 0 aliphatic carbocycles. The minimum Gasteiger partial charge on any atom is -1.00 e. The molecule has 1 N–H and O–H groups in total. The van der Waals surface area contributed by atoms with Crippen molar-refractivity contribution in [2.75, 3.05) is 27.2 Å². The molecule has 0 aromatic carbocycles. The van der Waals surface area contributed by atoms with Crippen LogP contribution in [0.4, 0.5) is 0 Å².